The van der Waals surface area contributed by atoms with Crippen molar-refractivity contribution in [3.8, 4) is 34.1 Å². The number of anilines is 1. The van der Waals surface area contributed by atoms with E-state index in [0.29, 0.717) is 69.5 Å². The first-order valence-corrected chi connectivity index (χ1v) is 52.7. The summed E-state index contributed by atoms with van der Waals surface area (Å²) >= 11 is 0. The third-order valence-corrected chi connectivity index (χ3v) is 46.7. The normalized spacial score (nSPS) is 13.1. The minimum atomic E-state index is -3.18. The molecule has 0 amide bonds. The fourth-order valence-electron chi connectivity index (χ4n) is 20.8. The number of nitrogens with zero attached hydrogens (tertiary/aromatic N) is 2. The van der Waals surface area contributed by atoms with Crippen LogP contribution in [0.5, 0.6) is 23.0 Å². The summed E-state index contributed by atoms with van der Waals surface area (Å²) in [6.07, 6.45) is 3.72. The molecule has 16 aromatic carbocycles. The van der Waals surface area contributed by atoms with Gasteiger partial charge in [-0.25, -0.2) is 0 Å². The van der Waals surface area contributed by atoms with Gasteiger partial charge >= 0.3 is 33.3 Å². The maximum absolute atomic E-state index is 15.7. The van der Waals surface area contributed by atoms with Crippen LogP contribution >= 0.6 is 0 Å². The Kier molecular flexibility index (Phi) is 23.2. The minimum Gasteiger partial charge on any atom is -0.534 e. The molecule has 129 heavy (non-hydrogen) atoms. The Morgan fingerprint density at radius 2 is 0.450 bits per heavy atom. The topological polar surface area (TPSA) is 93.5 Å². The van der Waals surface area contributed by atoms with Crippen LogP contribution in [0.3, 0.4) is 0 Å². The maximum atomic E-state index is 15.7. The highest BCUT2D eigenvalue weighted by Gasteiger charge is 2.57. The quantitative estimate of drug-likeness (QED) is 0.0483. The molecule has 17 aromatic rings. The molecule has 1 aromatic heterocycles. The summed E-state index contributed by atoms with van der Waals surface area (Å²) in [5.41, 5.74) is 4.63. The zero-order valence-corrected chi connectivity index (χ0v) is 79.8. The summed E-state index contributed by atoms with van der Waals surface area (Å²) in [7, 11) is -12.7. The van der Waals surface area contributed by atoms with Crippen molar-refractivity contribution in [3.05, 3.63) is 469 Å². The molecule has 2 N–H and O–H groups in total. The Morgan fingerprint density at radius 1 is 0.248 bits per heavy atom. The van der Waals surface area contributed by atoms with Crippen LogP contribution in [0.15, 0.2) is 425 Å². The van der Waals surface area contributed by atoms with Crippen LogP contribution in [0.2, 0.25) is 20.2 Å². The highest BCUT2D eigenvalue weighted by Crippen LogP contribution is 2.54. The molecule has 2 heterocycles. The van der Waals surface area contributed by atoms with Gasteiger partial charge in [-0.1, -0.05) is 423 Å². The van der Waals surface area contributed by atoms with E-state index in [1.54, 1.807) is 0 Å². The lowest BCUT2D eigenvalue weighted by Gasteiger charge is -2.43. The summed E-state index contributed by atoms with van der Waals surface area (Å²) < 4.78 is 31.3. The van der Waals surface area contributed by atoms with E-state index in [4.69, 9.17) is 17.7 Å². The Balaban J connectivity index is 0.889. The summed E-state index contributed by atoms with van der Waals surface area (Å²) in [6.45, 7) is 28.2. The van der Waals surface area contributed by atoms with Gasteiger partial charge in [0.05, 0.1) is 0 Å². The smallest absolute Gasteiger partial charge is 0.319 e. The van der Waals surface area contributed by atoms with Crippen LogP contribution in [0.1, 0.15) is 128 Å². The molecule has 0 spiro atoms. The van der Waals surface area contributed by atoms with Crippen LogP contribution in [-0.2, 0) is 24.3 Å². The Hall–Kier alpha value is -13.0. The molecule has 0 fully saturated rings. The van der Waals surface area contributed by atoms with Gasteiger partial charge in [-0.05, 0) is 212 Å². The number of benzene rings is 16. The number of aromatic nitrogens is 1. The molecule has 1 aliphatic heterocycles. The number of rotatable bonds is 23. The van der Waals surface area contributed by atoms with Crippen molar-refractivity contribution < 1.29 is 27.9 Å². The predicted molar refractivity (Wildman–Crippen MR) is 544 cm³/mol. The molecule has 0 bridgehead atoms. The number of hydrogen-bond acceptors (Lipinski definition) is 8. The van der Waals surface area contributed by atoms with Gasteiger partial charge in [0.15, 0.2) is 0 Å². The van der Waals surface area contributed by atoms with Crippen LogP contribution in [0.4, 0.5) is 5.69 Å². The lowest BCUT2D eigenvalue weighted by Crippen LogP contribution is -2.68. The Bertz CT molecular complexity index is 5910. The van der Waals surface area contributed by atoms with E-state index < -0.39 is 44.5 Å². The zero-order valence-electron chi connectivity index (χ0n) is 75.8. The van der Waals surface area contributed by atoms with Gasteiger partial charge in [0.2, 0.25) is 0 Å². The van der Waals surface area contributed by atoms with Gasteiger partial charge in [0.25, 0.3) is 0 Å². The number of aliphatic hydroxyl groups is 2. The summed E-state index contributed by atoms with van der Waals surface area (Å²) in [5.74, 6) is 2.76. The largest absolute Gasteiger partial charge is 0.534 e. The van der Waals surface area contributed by atoms with E-state index in [0.717, 1.165) is 91.0 Å². The van der Waals surface area contributed by atoms with E-state index >= 15 is 10.2 Å². The Morgan fingerprint density at radius 3 is 0.659 bits per heavy atom. The molecule has 0 unspecified atom stereocenters. The number of pyridine rings is 1. The fourth-order valence-corrected chi connectivity index (χ4v) is 38.5. The molecule has 0 radical (unpaired) electrons. The predicted octanol–water partition coefficient (Wildman–Crippen LogP) is 22.9. The second kappa shape index (κ2) is 34.5. The van der Waals surface area contributed by atoms with Crippen LogP contribution in [0.25, 0.3) is 32.7 Å². The molecule has 642 valence electrons. The van der Waals surface area contributed by atoms with Crippen molar-refractivity contribution in [3.63, 3.8) is 0 Å². The lowest BCUT2D eigenvalue weighted by molar-refractivity contribution is 0.124. The summed E-state index contributed by atoms with van der Waals surface area (Å²) in [5, 5.41) is 43.1. The molecule has 8 nitrogen and oxygen atoms in total. The van der Waals surface area contributed by atoms with Crippen LogP contribution in [-0.4, -0.2) is 48.5 Å². The molecule has 1 aliphatic rings. The molecule has 0 aliphatic carbocycles. The average Bonchev–Trinajstić information content (AvgIpc) is 1.43. The van der Waals surface area contributed by atoms with Gasteiger partial charge in [0.1, 0.15) is 34.2 Å². The van der Waals surface area contributed by atoms with E-state index in [1.165, 1.54) is 0 Å². The van der Waals surface area contributed by atoms with Crippen molar-refractivity contribution in [1.29, 1.82) is 0 Å². The van der Waals surface area contributed by atoms with Crippen LogP contribution < -0.4 is 64.1 Å². The highest BCUT2D eigenvalue weighted by molar-refractivity contribution is 7.02. The molecular formula is C117H112N2O6Si4. The molecule has 0 saturated carbocycles. The number of hydrogen-bond donors (Lipinski definition) is 2. The van der Waals surface area contributed by atoms with Gasteiger partial charge < -0.3 is 32.8 Å². The molecule has 0 saturated heterocycles. The van der Waals surface area contributed by atoms with Crippen molar-refractivity contribution >= 4 is 102 Å². The average molecular weight is 1750 g/mol. The SMILES string of the molecule is CC(C)(C)[Si](Oc1ccc(C(O)(c2ccc(O[Si](c3ccccc3)(c3ccccc3)C(C)(C)C)cc2)c2cc3ccccc3c3c2CN(c2ccncc2)Cc2c(C(O)(c4ccc(O[Si](c5ccccc5)(c5ccccc5)C(C)(C)C)cc4)c4ccc(O[Si](c5ccccc5)(c5ccccc5)C(C)(C)C)cc4)cc4ccccc4c2-3)cc1)(c1ccccc1)c1ccccc1. The third-order valence-electron chi connectivity index (χ3n) is 26.9. The fraction of sp³-hybridized carbons (Fsp3) is 0.171. The van der Waals surface area contributed by atoms with Gasteiger partial charge in [-0.15, -0.1) is 0 Å². The summed E-state index contributed by atoms with van der Waals surface area (Å²) in [4.78, 5) is 7.09. The molecular weight excluding hydrogens is 1640 g/mol. The summed E-state index contributed by atoms with van der Waals surface area (Å²) in [6, 6.07) is 145. The minimum absolute atomic E-state index is 0.301. The van der Waals surface area contributed by atoms with Crippen molar-refractivity contribution in [1.82, 2.24) is 4.98 Å². The van der Waals surface area contributed by atoms with E-state index in [1.807, 2.05) is 12.4 Å². The maximum Gasteiger partial charge on any atom is 0.319 e. The first-order valence-electron chi connectivity index (χ1n) is 45.0. The third kappa shape index (κ3) is 15.4. The highest BCUT2D eigenvalue weighted by atomic mass is 28.4. The Labute approximate surface area is 765 Å². The molecule has 12 heteroatoms. The monoisotopic (exact) mass is 1750 g/mol. The second-order valence-electron chi connectivity index (χ2n) is 38.6. The molecule has 0 atom stereocenters. The van der Waals surface area contributed by atoms with Gasteiger partial charge in [0, 0.05) is 31.2 Å². The van der Waals surface area contributed by atoms with Gasteiger partial charge in [-0.2, -0.15) is 0 Å². The van der Waals surface area contributed by atoms with Crippen LogP contribution in [0, 0.1) is 0 Å². The van der Waals surface area contributed by atoms with Crippen molar-refractivity contribution in [2.75, 3.05) is 4.90 Å². The zero-order chi connectivity index (χ0) is 89.6. The van der Waals surface area contributed by atoms with E-state index in [2.05, 4.69) is 505 Å². The second-order valence-corrected chi connectivity index (χ2v) is 55.5. The van der Waals surface area contributed by atoms with Gasteiger partial charge in [-0.3, -0.25) is 4.98 Å². The standard InChI is InChI=1S/C117H112N2O6Si4/c1-112(2,3)126(96-43-21-13-22-44-96,97-45-23-14-24-46-97)122-92-69-61-87(62-70-92)116(120,88-63-71-93(72-64-88)123-127(113(4,5)6,98-47-25-15-26-48-98)99-49-27-16-28-50-99)108-81-85-41-37-39-59-104(85)110-106(108)83-119(91-77-79-118-80-78-91)84-107-109(82-86-42-38-40-60-105(86)111(107)110)117(121,89-65-73-94(74-66-89)124-128(114(7,8)9,100-51-29-17-30-52-100)101-53-31-18-32-54-101)90-67-75-95(76-68-90)125-129(115(10,11)12,102-55-33-19-34-56-102)103-57-35-20-36-58-103/h13-82,120-121H,83-84H2,1-12H3. The van der Waals surface area contributed by atoms with Crippen molar-refractivity contribution in [2.24, 2.45) is 0 Å². The number of fused-ring (bicyclic) bond motifs is 7. The van der Waals surface area contributed by atoms with E-state index in [9.17, 15) is 0 Å². The first-order chi connectivity index (χ1) is 62.2. The molecule has 18 rings (SSSR count). The van der Waals surface area contributed by atoms with E-state index in [-0.39, 0.29) is 20.2 Å². The van der Waals surface area contributed by atoms with Crippen molar-refractivity contribution in [2.45, 2.75) is 128 Å². The first kappa shape index (κ1) is 86.7. The lowest BCUT2D eigenvalue weighted by atomic mass is 9.73.